The van der Waals surface area contributed by atoms with Gasteiger partial charge in [-0.25, -0.2) is 0 Å². The molecule has 19 heavy (non-hydrogen) atoms. The van der Waals surface area contributed by atoms with Crippen LogP contribution in [0.1, 0.15) is 23.6 Å². The van der Waals surface area contributed by atoms with Crippen LogP contribution in [0.5, 0.6) is 5.75 Å². The van der Waals surface area contributed by atoms with Crippen molar-refractivity contribution in [2.24, 2.45) is 0 Å². The number of hydrogen-bond donors (Lipinski definition) is 1. The van der Waals surface area contributed by atoms with Gasteiger partial charge in [-0.15, -0.1) is 0 Å². The number of aliphatic hydroxyl groups is 1. The van der Waals surface area contributed by atoms with Gasteiger partial charge < -0.3 is 9.84 Å². The summed E-state index contributed by atoms with van der Waals surface area (Å²) >= 11 is 0. The summed E-state index contributed by atoms with van der Waals surface area (Å²) in [6, 6.07) is 15.8. The van der Waals surface area contributed by atoms with Crippen LogP contribution >= 0.6 is 0 Å². The van der Waals surface area contributed by atoms with E-state index >= 15 is 0 Å². The molecular formula is C17H20O2. The van der Waals surface area contributed by atoms with Gasteiger partial charge >= 0.3 is 0 Å². The highest BCUT2D eigenvalue weighted by Crippen LogP contribution is 2.32. The molecule has 2 rings (SSSR count). The van der Waals surface area contributed by atoms with Crippen LogP contribution in [0, 0.1) is 6.92 Å². The molecule has 2 heteroatoms. The molecule has 0 aliphatic carbocycles. The summed E-state index contributed by atoms with van der Waals surface area (Å²) in [4.78, 5) is 0. The van der Waals surface area contributed by atoms with Gasteiger partial charge in [0.25, 0.3) is 0 Å². The number of rotatable bonds is 4. The lowest BCUT2D eigenvalue weighted by atomic mass is 9.88. The average molecular weight is 256 g/mol. The Kier molecular flexibility index (Phi) is 3.91. The minimum absolute atomic E-state index is 0.563. The third-order valence-corrected chi connectivity index (χ3v) is 3.36. The molecule has 0 amide bonds. The standard InChI is InChI=1S/C17H20O2/c1-13-8-10-14(11-9-13)12-17(2,18)15-6-4-5-7-16(15)19-3/h4-11,18H,12H2,1-3H3. The molecule has 0 bridgehead atoms. The molecular weight excluding hydrogens is 236 g/mol. The van der Waals surface area contributed by atoms with Crippen LogP contribution in [0.4, 0.5) is 0 Å². The maximum Gasteiger partial charge on any atom is 0.124 e. The Morgan fingerprint density at radius 3 is 2.32 bits per heavy atom. The lowest BCUT2D eigenvalue weighted by molar-refractivity contribution is 0.0549. The van der Waals surface area contributed by atoms with E-state index in [4.69, 9.17) is 4.74 Å². The molecule has 0 aliphatic rings. The fraction of sp³-hybridized carbons (Fsp3) is 0.294. The fourth-order valence-electron chi connectivity index (χ4n) is 2.29. The van der Waals surface area contributed by atoms with E-state index in [0.29, 0.717) is 6.42 Å². The maximum atomic E-state index is 10.7. The molecule has 0 spiro atoms. The number of methoxy groups -OCH3 is 1. The Morgan fingerprint density at radius 2 is 1.68 bits per heavy atom. The summed E-state index contributed by atoms with van der Waals surface area (Å²) in [7, 11) is 1.63. The molecule has 0 aromatic heterocycles. The van der Waals surface area contributed by atoms with Crippen molar-refractivity contribution in [1.82, 2.24) is 0 Å². The summed E-state index contributed by atoms with van der Waals surface area (Å²) in [6.45, 7) is 3.88. The quantitative estimate of drug-likeness (QED) is 0.907. The first-order valence-electron chi connectivity index (χ1n) is 6.44. The summed E-state index contributed by atoms with van der Waals surface area (Å²) in [6.07, 6.45) is 0.563. The number of ether oxygens (including phenoxy) is 1. The summed E-state index contributed by atoms with van der Waals surface area (Å²) in [5.74, 6) is 0.722. The van der Waals surface area contributed by atoms with Crippen molar-refractivity contribution < 1.29 is 9.84 Å². The number of hydrogen-bond acceptors (Lipinski definition) is 2. The van der Waals surface area contributed by atoms with E-state index in [1.807, 2.05) is 31.2 Å². The molecule has 2 aromatic rings. The molecule has 2 aromatic carbocycles. The van der Waals surface area contributed by atoms with Gasteiger partial charge in [-0.3, -0.25) is 0 Å². The van der Waals surface area contributed by atoms with Crippen LogP contribution < -0.4 is 4.74 Å². The SMILES string of the molecule is COc1ccccc1C(C)(O)Cc1ccc(C)cc1. The smallest absolute Gasteiger partial charge is 0.124 e. The molecule has 1 unspecified atom stereocenters. The van der Waals surface area contributed by atoms with Crippen LogP contribution in [-0.4, -0.2) is 12.2 Å². The first-order valence-corrected chi connectivity index (χ1v) is 6.44. The highest BCUT2D eigenvalue weighted by Gasteiger charge is 2.26. The number of para-hydroxylation sites is 1. The number of aryl methyl sites for hydroxylation is 1. The van der Waals surface area contributed by atoms with Gasteiger partial charge in [-0.1, -0.05) is 48.0 Å². The zero-order valence-electron chi connectivity index (χ0n) is 11.7. The predicted octanol–water partition coefficient (Wildman–Crippen LogP) is 3.45. The van der Waals surface area contributed by atoms with Crippen molar-refractivity contribution in [3.05, 3.63) is 65.2 Å². The van der Waals surface area contributed by atoms with E-state index in [1.165, 1.54) is 5.56 Å². The monoisotopic (exact) mass is 256 g/mol. The topological polar surface area (TPSA) is 29.5 Å². The zero-order chi connectivity index (χ0) is 13.9. The molecule has 0 saturated heterocycles. The van der Waals surface area contributed by atoms with Crippen LogP contribution in [0.25, 0.3) is 0 Å². The van der Waals surface area contributed by atoms with Crippen LogP contribution in [-0.2, 0) is 12.0 Å². The Bertz CT molecular complexity index is 541. The normalized spacial score (nSPS) is 13.9. The van der Waals surface area contributed by atoms with Gasteiger partial charge in [0.15, 0.2) is 0 Å². The molecule has 100 valence electrons. The second-order valence-corrected chi connectivity index (χ2v) is 5.14. The van der Waals surface area contributed by atoms with Crippen molar-refractivity contribution in [3.63, 3.8) is 0 Å². The Hall–Kier alpha value is -1.80. The first-order chi connectivity index (χ1) is 9.03. The molecule has 1 N–H and O–H groups in total. The Balaban J connectivity index is 2.29. The van der Waals surface area contributed by atoms with E-state index in [0.717, 1.165) is 16.9 Å². The predicted molar refractivity (Wildman–Crippen MR) is 77.4 cm³/mol. The van der Waals surface area contributed by atoms with Gasteiger partial charge in [0.1, 0.15) is 5.75 Å². The molecule has 2 nitrogen and oxygen atoms in total. The largest absolute Gasteiger partial charge is 0.496 e. The highest BCUT2D eigenvalue weighted by molar-refractivity contribution is 5.39. The summed E-state index contributed by atoms with van der Waals surface area (Å²) < 4.78 is 5.33. The third kappa shape index (κ3) is 3.15. The van der Waals surface area contributed by atoms with E-state index in [2.05, 4.69) is 31.2 Å². The van der Waals surface area contributed by atoms with E-state index in [9.17, 15) is 5.11 Å². The van der Waals surface area contributed by atoms with Crippen molar-refractivity contribution in [1.29, 1.82) is 0 Å². The van der Waals surface area contributed by atoms with E-state index in [-0.39, 0.29) is 0 Å². The van der Waals surface area contributed by atoms with Crippen molar-refractivity contribution in [2.45, 2.75) is 25.9 Å². The van der Waals surface area contributed by atoms with E-state index < -0.39 is 5.60 Å². The first kappa shape index (κ1) is 13.6. The zero-order valence-corrected chi connectivity index (χ0v) is 11.7. The second-order valence-electron chi connectivity index (χ2n) is 5.14. The van der Waals surface area contributed by atoms with Crippen molar-refractivity contribution >= 4 is 0 Å². The molecule has 0 fully saturated rings. The third-order valence-electron chi connectivity index (χ3n) is 3.36. The van der Waals surface area contributed by atoms with Crippen molar-refractivity contribution in [3.8, 4) is 5.75 Å². The molecule has 0 heterocycles. The average Bonchev–Trinajstić information content (AvgIpc) is 2.41. The van der Waals surface area contributed by atoms with Crippen molar-refractivity contribution in [2.75, 3.05) is 7.11 Å². The highest BCUT2D eigenvalue weighted by atomic mass is 16.5. The minimum atomic E-state index is -0.943. The summed E-state index contributed by atoms with van der Waals surface area (Å²) in [5.41, 5.74) is 2.21. The lowest BCUT2D eigenvalue weighted by Crippen LogP contribution is -2.25. The summed E-state index contributed by atoms with van der Waals surface area (Å²) in [5, 5.41) is 10.7. The Morgan fingerprint density at radius 1 is 1.05 bits per heavy atom. The number of benzene rings is 2. The molecule has 1 atom stereocenters. The molecule has 0 aliphatic heterocycles. The Labute approximate surface area is 114 Å². The molecule has 0 radical (unpaired) electrons. The minimum Gasteiger partial charge on any atom is -0.496 e. The van der Waals surface area contributed by atoms with Gasteiger partial charge in [0.2, 0.25) is 0 Å². The lowest BCUT2D eigenvalue weighted by Gasteiger charge is -2.26. The van der Waals surface area contributed by atoms with Gasteiger partial charge in [0.05, 0.1) is 12.7 Å². The van der Waals surface area contributed by atoms with Gasteiger partial charge in [-0.05, 0) is 25.5 Å². The van der Waals surface area contributed by atoms with Gasteiger partial charge in [-0.2, -0.15) is 0 Å². The van der Waals surface area contributed by atoms with Gasteiger partial charge in [0, 0.05) is 12.0 Å². The van der Waals surface area contributed by atoms with Crippen LogP contribution in [0.15, 0.2) is 48.5 Å². The van der Waals surface area contributed by atoms with Crippen LogP contribution in [0.2, 0.25) is 0 Å². The van der Waals surface area contributed by atoms with E-state index in [1.54, 1.807) is 7.11 Å². The maximum absolute atomic E-state index is 10.7. The van der Waals surface area contributed by atoms with Crippen LogP contribution in [0.3, 0.4) is 0 Å². The fourth-order valence-corrected chi connectivity index (χ4v) is 2.29. The molecule has 0 saturated carbocycles. The second kappa shape index (κ2) is 5.45.